The number of fused-ring (bicyclic) bond motifs is 2. The molecule has 42 heavy (non-hydrogen) atoms. The molecule has 0 aliphatic carbocycles. The fraction of sp³-hybridized carbons (Fsp3) is 0.500. The molecule has 2 aliphatic heterocycles. The van der Waals surface area contributed by atoms with Crippen LogP contribution < -0.4 is 10.9 Å². The summed E-state index contributed by atoms with van der Waals surface area (Å²) in [5.74, 6) is -1.26. The fourth-order valence-corrected chi connectivity index (χ4v) is 5.12. The summed E-state index contributed by atoms with van der Waals surface area (Å²) in [6, 6.07) is 6.80. The number of anilines is 1. The second kappa shape index (κ2) is 12.5. The van der Waals surface area contributed by atoms with E-state index in [0.717, 1.165) is 12.8 Å². The molecule has 4 atom stereocenters. The maximum atomic E-state index is 12.5. The third-order valence-corrected chi connectivity index (χ3v) is 7.43. The molecule has 224 valence electrons. The first-order chi connectivity index (χ1) is 20.2. The van der Waals surface area contributed by atoms with Crippen LogP contribution in [0.25, 0.3) is 11.2 Å². The van der Waals surface area contributed by atoms with E-state index in [1.807, 2.05) is 0 Å². The molecule has 0 spiro atoms. The summed E-state index contributed by atoms with van der Waals surface area (Å²) in [4.78, 5) is 61.7. The van der Waals surface area contributed by atoms with Crippen LogP contribution in [-0.4, -0.2) is 90.4 Å². The number of aliphatic hydroxyl groups excluding tert-OH is 2. The van der Waals surface area contributed by atoms with Crippen LogP contribution in [0.4, 0.5) is 5.95 Å². The molecule has 1 saturated heterocycles. The Kier molecular flexibility index (Phi) is 8.77. The van der Waals surface area contributed by atoms with Crippen molar-refractivity contribution in [3.05, 3.63) is 52.1 Å². The Bertz CT molecular complexity index is 1500. The van der Waals surface area contributed by atoms with Crippen molar-refractivity contribution in [1.29, 1.82) is 0 Å². The number of hydrogen-bond donors (Lipinski definition) is 4. The normalized spacial score (nSPS) is 22.0. The summed E-state index contributed by atoms with van der Waals surface area (Å²) in [6.45, 7) is 3.62. The Labute approximate surface area is 240 Å². The number of aromatic nitrogens is 4. The van der Waals surface area contributed by atoms with E-state index in [2.05, 4.69) is 20.3 Å². The predicted octanol–water partition coefficient (Wildman–Crippen LogP) is 1.21. The van der Waals surface area contributed by atoms with Gasteiger partial charge in [-0.1, -0.05) is 38.8 Å². The zero-order valence-corrected chi connectivity index (χ0v) is 23.4. The van der Waals surface area contributed by atoms with Crippen LogP contribution in [0.3, 0.4) is 0 Å². The molecule has 5 rings (SSSR count). The molecule has 2 aromatic heterocycles. The second-order valence-electron chi connectivity index (χ2n) is 10.7. The van der Waals surface area contributed by atoms with Crippen LogP contribution in [0.5, 0.6) is 0 Å². The van der Waals surface area contributed by atoms with Gasteiger partial charge in [0, 0.05) is 19.1 Å². The molecule has 14 nitrogen and oxygen atoms in total. The lowest BCUT2D eigenvalue weighted by molar-refractivity contribution is -0.118. The van der Waals surface area contributed by atoms with E-state index in [0.29, 0.717) is 30.5 Å². The highest BCUT2D eigenvalue weighted by Gasteiger charge is 2.46. The smallest absolute Gasteiger partial charge is 0.280 e. The molecule has 14 heteroatoms. The minimum Gasteiger partial charge on any atom is -0.394 e. The average molecular weight is 583 g/mol. The molecule has 0 saturated carbocycles. The van der Waals surface area contributed by atoms with Gasteiger partial charge in [-0.25, -0.2) is 4.98 Å². The summed E-state index contributed by atoms with van der Waals surface area (Å²) in [7, 11) is 0. The van der Waals surface area contributed by atoms with Gasteiger partial charge in [-0.2, -0.15) is 4.98 Å². The van der Waals surface area contributed by atoms with Gasteiger partial charge in [-0.05, 0) is 25.0 Å². The number of carbonyl (C=O) groups excluding carboxylic acids is 3. The Hall–Kier alpha value is -3.98. The van der Waals surface area contributed by atoms with E-state index in [4.69, 9.17) is 9.47 Å². The molecule has 1 fully saturated rings. The number of nitrogens with zero attached hydrogens (tertiary/aromatic N) is 4. The monoisotopic (exact) mass is 582 g/mol. The number of nitrogens with one attached hydrogen (secondary N) is 2. The number of ether oxygens (including phenoxy) is 2. The number of aromatic amines is 1. The van der Waals surface area contributed by atoms with Gasteiger partial charge >= 0.3 is 0 Å². The number of carbonyl (C=O) groups is 3. The first-order valence-corrected chi connectivity index (χ1v) is 14.0. The highest BCUT2D eigenvalue weighted by Crippen LogP contribution is 2.33. The number of rotatable bonds is 12. The number of aliphatic hydroxyl groups is 2. The highest BCUT2D eigenvalue weighted by atomic mass is 16.6. The molecule has 2 aliphatic rings. The van der Waals surface area contributed by atoms with Crippen molar-refractivity contribution in [2.24, 2.45) is 5.92 Å². The van der Waals surface area contributed by atoms with Crippen LogP contribution >= 0.6 is 0 Å². The van der Waals surface area contributed by atoms with Crippen LogP contribution in [0, 0.1) is 5.92 Å². The lowest BCUT2D eigenvalue weighted by atomic mass is 10.1. The number of amides is 3. The average Bonchev–Trinajstić information content (AvgIpc) is 3.61. The zero-order valence-electron chi connectivity index (χ0n) is 23.4. The molecule has 0 bridgehead atoms. The summed E-state index contributed by atoms with van der Waals surface area (Å²) < 4.78 is 13.2. The number of unbranched alkanes of at least 4 members (excludes halogenated alkanes) is 3. The first kappa shape index (κ1) is 29.5. The number of benzene rings is 1. The lowest BCUT2D eigenvalue weighted by Gasteiger charge is -2.20. The first-order valence-electron chi connectivity index (χ1n) is 14.0. The van der Waals surface area contributed by atoms with E-state index in [-0.39, 0.29) is 47.4 Å². The molecular weight excluding hydrogens is 548 g/mol. The van der Waals surface area contributed by atoms with Crippen molar-refractivity contribution in [1.82, 2.24) is 24.4 Å². The van der Waals surface area contributed by atoms with Crippen molar-refractivity contribution < 1.29 is 34.1 Å². The van der Waals surface area contributed by atoms with E-state index in [9.17, 15) is 29.4 Å². The molecule has 1 aromatic carbocycles. The number of imidazole rings is 1. The molecule has 3 aromatic rings. The van der Waals surface area contributed by atoms with Crippen molar-refractivity contribution in [3.8, 4) is 0 Å². The quantitative estimate of drug-likeness (QED) is 0.178. The van der Waals surface area contributed by atoms with Crippen LogP contribution in [0.2, 0.25) is 0 Å². The number of hydrogen-bond acceptors (Lipinski definition) is 10. The van der Waals surface area contributed by atoms with Gasteiger partial charge in [-0.3, -0.25) is 38.9 Å². The van der Waals surface area contributed by atoms with Crippen LogP contribution in [-0.2, 0) is 14.3 Å². The molecule has 4 heterocycles. The van der Waals surface area contributed by atoms with Gasteiger partial charge in [0.15, 0.2) is 17.4 Å². The fourth-order valence-electron chi connectivity index (χ4n) is 5.12. The van der Waals surface area contributed by atoms with E-state index in [1.165, 1.54) is 15.8 Å². The Morgan fingerprint density at radius 2 is 1.81 bits per heavy atom. The minimum absolute atomic E-state index is 0.000488. The summed E-state index contributed by atoms with van der Waals surface area (Å²) in [6.07, 6.45) is 0.214. The minimum atomic E-state index is -1.21. The number of H-pyrrole nitrogens is 1. The topological polar surface area (TPSA) is 189 Å². The molecule has 3 amide bonds. The molecular formula is C28H34N6O8. The van der Waals surface area contributed by atoms with Gasteiger partial charge in [-0.15, -0.1) is 0 Å². The maximum absolute atomic E-state index is 12.5. The Morgan fingerprint density at radius 3 is 2.48 bits per heavy atom. The molecule has 0 radical (unpaired) electrons. The third kappa shape index (κ3) is 5.70. The summed E-state index contributed by atoms with van der Waals surface area (Å²) >= 11 is 0. The van der Waals surface area contributed by atoms with Crippen molar-refractivity contribution >= 4 is 34.8 Å². The Balaban J connectivity index is 1.13. The maximum Gasteiger partial charge on any atom is 0.280 e. The highest BCUT2D eigenvalue weighted by molar-refractivity contribution is 6.21. The van der Waals surface area contributed by atoms with Crippen molar-refractivity contribution in [2.45, 2.75) is 64.1 Å². The van der Waals surface area contributed by atoms with Gasteiger partial charge in [0.2, 0.25) is 11.9 Å². The summed E-state index contributed by atoms with van der Waals surface area (Å²) in [5.41, 5.74) is 0.403. The SMILES string of the molecule is CC(C)C(=O)Nc1nc2c(ncn2[C@@H]2O[C@H](CO)C(OCCCCCCN3C(=O)c4ccccc4C3=O)[C@@H]2O)c(=O)[nH]1. The van der Waals surface area contributed by atoms with E-state index in [1.54, 1.807) is 38.1 Å². The van der Waals surface area contributed by atoms with E-state index >= 15 is 0 Å². The second-order valence-corrected chi connectivity index (χ2v) is 10.7. The Morgan fingerprint density at radius 1 is 1.12 bits per heavy atom. The lowest BCUT2D eigenvalue weighted by Crippen LogP contribution is -2.36. The van der Waals surface area contributed by atoms with E-state index < -0.39 is 36.7 Å². The molecule has 1 unspecified atom stereocenters. The predicted molar refractivity (Wildman–Crippen MR) is 149 cm³/mol. The van der Waals surface area contributed by atoms with Gasteiger partial charge < -0.3 is 19.7 Å². The van der Waals surface area contributed by atoms with Crippen molar-refractivity contribution in [2.75, 3.05) is 25.1 Å². The van der Waals surface area contributed by atoms with Gasteiger partial charge in [0.1, 0.15) is 18.3 Å². The summed E-state index contributed by atoms with van der Waals surface area (Å²) in [5, 5.41) is 23.5. The largest absolute Gasteiger partial charge is 0.394 e. The number of imide groups is 1. The van der Waals surface area contributed by atoms with Crippen molar-refractivity contribution in [3.63, 3.8) is 0 Å². The molecule has 4 N–H and O–H groups in total. The zero-order chi connectivity index (χ0) is 30.0. The van der Waals surface area contributed by atoms with Crippen LogP contribution in [0.15, 0.2) is 35.4 Å². The van der Waals surface area contributed by atoms with Gasteiger partial charge in [0.05, 0.1) is 24.1 Å². The standard InChI is InChI=1S/C28H34N6O8/c1-15(2)23(37)31-28-30-22-19(24(38)32-28)29-14-34(22)27-20(36)21(18(13-35)42-27)41-12-8-4-3-7-11-33-25(39)16-9-5-6-10-17(16)26(33)40/h5-6,9-10,14-15,18,20-21,27,35-36H,3-4,7-8,11-13H2,1-2H3,(H2,30,31,32,37,38)/t18-,20+,21?,27-/m1/s1. The van der Waals surface area contributed by atoms with Gasteiger partial charge in [0.25, 0.3) is 17.4 Å². The third-order valence-electron chi connectivity index (χ3n) is 7.43. The van der Waals surface area contributed by atoms with Crippen LogP contribution in [0.1, 0.15) is 66.5 Å².